The third-order valence-electron chi connectivity index (χ3n) is 5.51. The van der Waals surface area contributed by atoms with Crippen LogP contribution in [-0.2, 0) is 9.47 Å². The first-order valence-corrected chi connectivity index (χ1v) is 9.85. The number of hydrogen-bond acceptors (Lipinski definition) is 6. The number of carbonyl (C=O) groups is 1. The number of fused-ring (bicyclic) bond motifs is 1. The van der Waals surface area contributed by atoms with Gasteiger partial charge in [0, 0.05) is 25.3 Å². The highest BCUT2D eigenvalue weighted by molar-refractivity contribution is 6.00. The lowest BCUT2D eigenvalue weighted by molar-refractivity contribution is -0.113. The zero-order valence-corrected chi connectivity index (χ0v) is 17.9. The summed E-state index contributed by atoms with van der Waals surface area (Å²) in [7, 11) is 6.29. The number of hydrogen-bond donors (Lipinski definition) is 1. The Morgan fingerprint density at radius 1 is 1.00 bits per heavy atom. The maximum atomic E-state index is 13.3. The first-order chi connectivity index (χ1) is 15.1. The second-order valence-electron chi connectivity index (χ2n) is 7.10. The molecule has 1 aromatic heterocycles. The van der Waals surface area contributed by atoms with Crippen molar-refractivity contribution in [1.82, 2.24) is 15.1 Å². The second kappa shape index (κ2) is 8.79. The van der Waals surface area contributed by atoms with Gasteiger partial charge in [0.1, 0.15) is 5.69 Å². The van der Waals surface area contributed by atoms with Crippen LogP contribution in [0.1, 0.15) is 27.7 Å². The Labute approximate surface area is 180 Å². The van der Waals surface area contributed by atoms with Gasteiger partial charge in [-0.25, -0.2) is 0 Å². The molecular formula is C23H25N3O5. The van der Waals surface area contributed by atoms with Crippen molar-refractivity contribution in [2.75, 3.05) is 35.0 Å². The summed E-state index contributed by atoms with van der Waals surface area (Å²) in [6.07, 6.45) is -0.545. The lowest BCUT2D eigenvalue weighted by atomic mass is 9.96. The summed E-state index contributed by atoms with van der Waals surface area (Å²) in [4.78, 5) is 15.1. The van der Waals surface area contributed by atoms with Crippen LogP contribution in [0.25, 0.3) is 11.3 Å². The second-order valence-corrected chi connectivity index (χ2v) is 7.10. The monoisotopic (exact) mass is 423 g/mol. The minimum Gasteiger partial charge on any atom is -0.493 e. The molecule has 0 radical (unpaired) electrons. The molecule has 1 N–H and O–H groups in total. The molecule has 4 rings (SSSR count). The molecule has 1 atom stereocenters. The lowest BCUT2D eigenvalue weighted by Gasteiger charge is -2.29. The van der Waals surface area contributed by atoms with Crippen LogP contribution in [0.15, 0.2) is 48.5 Å². The average molecular weight is 423 g/mol. The third-order valence-corrected chi connectivity index (χ3v) is 5.51. The van der Waals surface area contributed by atoms with Gasteiger partial charge in [0.25, 0.3) is 5.91 Å². The molecule has 0 spiro atoms. The summed E-state index contributed by atoms with van der Waals surface area (Å²) in [6.45, 7) is 0.277. The van der Waals surface area contributed by atoms with Crippen molar-refractivity contribution in [3.63, 3.8) is 0 Å². The van der Waals surface area contributed by atoms with Crippen molar-refractivity contribution in [2.24, 2.45) is 0 Å². The standard InChI is InChI=1S/C23H25N3O5/c1-28-16-11-10-15(12-17(16)29-2)20-19-21(25-24-20)23(27)26(13-18(30-3)31-4)22(19)14-8-6-5-7-9-14/h5-12,18,22H,13H2,1-4H3,(H,24,25). The number of H-pyrrole nitrogens is 1. The number of carbonyl (C=O) groups excluding carboxylic acids is 1. The largest absolute Gasteiger partial charge is 0.493 e. The minimum atomic E-state index is -0.545. The molecule has 8 heteroatoms. The van der Waals surface area contributed by atoms with Crippen LogP contribution in [0.5, 0.6) is 11.5 Å². The first-order valence-electron chi connectivity index (χ1n) is 9.85. The molecule has 1 aliphatic rings. The average Bonchev–Trinajstić information content (AvgIpc) is 3.36. The van der Waals surface area contributed by atoms with Crippen LogP contribution < -0.4 is 9.47 Å². The van der Waals surface area contributed by atoms with Crippen LogP contribution in [0.3, 0.4) is 0 Å². The predicted molar refractivity (Wildman–Crippen MR) is 114 cm³/mol. The van der Waals surface area contributed by atoms with Crippen molar-refractivity contribution >= 4 is 5.91 Å². The van der Waals surface area contributed by atoms with E-state index in [9.17, 15) is 4.79 Å². The van der Waals surface area contributed by atoms with Crippen LogP contribution in [-0.4, -0.2) is 62.3 Å². The lowest BCUT2D eigenvalue weighted by Crippen LogP contribution is -2.38. The molecule has 0 fully saturated rings. The highest BCUT2D eigenvalue weighted by atomic mass is 16.7. The summed E-state index contributed by atoms with van der Waals surface area (Å²) < 4.78 is 21.5. The van der Waals surface area contributed by atoms with Crippen LogP contribution in [0.4, 0.5) is 0 Å². The topological polar surface area (TPSA) is 85.9 Å². The molecule has 162 valence electrons. The van der Waals surface area contributed by atoms with Crippen molar-refractivity contribution in [2.45, 2.75) is 12.3 Å². The van der Waals surface area contributed by atoms with E-state index in [4.69, 9.17) is 18.9 Å². The summed E-state index contributed by atoms with van der Waals surface area (Å²) in [5.41, 5.74) is 3.76. The van der Waals surface area contributed by atoms with Gasteiger partial charge < -0.3 is 23.8 Å². The van der Waals surface area contributed by atoms with Crippen molar-refractivity contribution in [1.29, 1.82) is 0 Å². The van der Waals surface area contributed by atoms with Gasteiger partial charge in [-0.1, -0.05) is 30.3 Å². The quantitative estimate of drug-likeness (QED) is 0.560. The Morgan fingerprint density at radius 2 is 1.71 bits per heavy atom. The summed E-state index contributed by atoms with van der Waals surface area (Å²) >= 11 is 0. The number of nitrogens with zero attached hydrogens (tertiary/aromatic N) is 2. The van der Waals surface area contributed by atoms with E-state index >= 15 is 0 Å². The number of nitrogens with one attached hydrogen (secondary N) is 1. The Kier molecular flexibility index (Phi) is 5.92. The van der Waals surface area contributed by atoms with Gasteiger partial charge in [-0.15, -0.1) is 0 Å². The fraction of sp³-hybridized carbons (Fsp3) is 0.304. The summed E-state index contributed by atoms with van der Waals surface area (Å²) in [6, 6.07) is 15.1. The van der Waals surface area contributed by atoms with E-state index in [0.29, 0.717) is 22.9 Å². The zero-order chi connectivity index (χ0) is 22.0. The van der Waals surface area contributed by atoms with E-state index in [-0.39, 0.29) is 18.5 Å². The number of rotatable bonds is 8. The Morgan fingerprint density at radius 3 is 2.35 bits per heavy atom. The highest BCUT2D eigenvalue weighted by Gasteiger charge is 2.43. The molecule has 1 amide bonds. The summed E-state index contributed by atoms with van der Waals surface area (Å²) in [5, 5.41) is 7.43. The Bertz CT molecular complexity index is 1060. The minimum absolute atomic E-state index is 0.151. The van der Waals surface area contributed by atoms with Crippen molar-refractivity contribution in [3.8, 4) is 22.8 Å². The molecule has 2 heterocycles. The molecule has 1 aliphatic heterocycles. The van der Waals surface area contributed by atoms with Crippen molar-refractivity contribution < 1.29 is 23.7 Å². The van der Waals surface area contributed by atoms with Crippen LogP contribution >= 0.6 is 0 Å². The van der Waals surface area contributed by atoms with E-state index in [0.717, 1.165) is 16.7 Å². The molecule has 2 aromatic carbocycles. The number of ether oxygens (including phenoxy) is 4. The fourth-order valence-electron chi connectivity index (χ4n) is 3.98. The van der Waals surface area contributed by atoms with E-state index in [1.807, 2.05) is 48.5 Å². The molecule has 0 aliphatic carbocycles. The molecule has 31 heavy (non-hydrogen) atoms. The molecule has 3 aromatic rings. The number of aromatic nitrogens is 2. The van der Waals surface area contributed by atoms with E-state index in [1.54, 1.807) is 33.3 Å². The van der Waals surface area contributed by atoms with Crippen molar-refractivity contribution in [3.05, 3.63) is 65.4 Å². The molecule has 0 bridgehead atoms. The van der Waals surface area contributed by atoms with E-state index < -0.39 is 6.29 Å². The molecule has 0 saturated heterocycles. The fourth-order valence-corrected chi connectivity index (χ4v) is 3.98. The predicted octanol–water partition coefficient (Wildman–Crippen LogP) is 3.26. The number of aromatic amines is 1. The molecule has 0 saturated carbocycles. The number of benzene rings is 2. The summed E-state index contributed by atoms with van der Waals surface area (Å²) in [5.74, 6) is 1.06. The smallest absolute Gasteiger partial charge is 0.273 e. The maximum absolute atomic E-state index is 13.3. The van der Waals surface area contributed by atoms with Crippen LogP contribution in [0.2, 0.25) is 0 Å². The molecular weight excluding hydrogens is 398 g/mol. The zero-order valence-electron chi connectivity index (χ0n) is 17.9. The van der Waals surface area contributed by atoms with Gasteiger partial charge in [-0.3, -0.25) is 9.89 Å². The van der Waals surface area contributed by atoms with Gasteiger partial charge in [0.05, 0.1) is 32.5 Å². The van der Waals surface area contributed by atoms with Crippen LogP contribution in [0, 0.1) is 0 Å². The van der Waals surface area contributed by atoms with E-state index in [1.165, 1.54) is 0 Å². The van der Waals surface area contributed by atoms with Gasteiger partial charge in [-0.05, 0) is 23.8 Å². The Hall–Kier alpha value is -3.36. The first kappa shape index (κ1) is 20.9. The normalized spacial score (nSPS) is 15.5. The van der Waals surface area contributed by atoms with Gasteiger partial charge in [0.15, 0.2) is 17.8 Å². The third kappa shape index (κ3) is 3.64. The van der Waals surface area contributed by atoms with Gasteiger partial charge >= 0.3 is 0 Å². The van der Waals surface area contributed by atoms with Gasteiger partial charge in [0.2, 0.25) is 0 Å². The Balaban J connectivity index is 1.84. The highest BCUT2D eigenvalue weighted by Crippen LogP contribution is 2.44. The van der Waals surface area contributed by atoms with Gasteiger partial charge in [-0.2, -0.15) is 5.10 Å². The maximum Gasteiger partial charge on any atom is 0.273 e. The molecule has 8 nitrogen and oxygen atoms in total. The molecule has 1 unspecified atom stereocenters. The SMILES string of the molecule is COc1ccc(-c2n[nH]c3c2C(c2ccccc2)N(CC(OC)OC)C3=O)cc1OC. The van der Waals surface area contributed by atoms with E-state index in [2.05, 4.69) is 10.2 Å². The number of methoxy groups -OCH3 is 4. The number of amides is 1.